The molecule has 0 unspecified atom stereocenters. The van der Waals surface area contributed by atoms with Crippen molar-refractivity contribution in [3.63, 3.8) is 0 Å². The number of benzene rings is 1. The number of hydrogen-bond acceptors (Lipinski definition) is 2. The minimum absolute atomic E-state index is 1.05. The van der Waals surface area contributed by atoms with Gasteiger partial charge in [0, 0.05) is 31.9 Å². The molecule has 0 amide bonds. The molecule has 0 saturated carbocycles. The van der Waals surface area contributed by atoms with Crippen LogP contribution in [0.15, 0.2) is 41.5 Å². The second-order valence-corrected chi connectivity index (χ2v) is 4.34. The first-order valence-electron chi connectivity index (χ1n) is 5.99. The van der Waals surface area contributed by atoms with E-state index in [9.17, 15) is 0 Å². The van der Waals surface area contributed by atoms with Crippen LogP contribution in [-0.2, 0) is 0 Å². The van der Waals surface area contributed by atoms with Crippen molar-refractivity contribution in [1.29, 1.82) is 0 Å². The van der Waals surface area contributed by atoms with Crippen LogP contribution in [0, 0.1) is 0 Å². The van der Waals surface area contributed by atoms with Gasteiger partial charge in [-0.2, -0.15) is 0 Å². The third kappa shape index (κ3) is 2.45. The van der Waals surface area contributed by atoms with Gasteiger partial charge in [-0.1, -0.05) is 23.8 Å². The van der Waals surface area contributed by atoms with Crippen LogP contribution in [0.5, 0.6) is 0 Å². The van der Waals surface area contributed by atoms with Crippen molar-refractivity contribution in [3.05, 3.63) is 41.5 Å². The molecule has 1 aliphatic heterocycles. The summed E-state index contributed by atoms with van der Waals surface area (Å²) >= 11 is 0. The minimum atomic E-state index is 1.05. The van der Waals surface area contributed by atoms with E-state index < -0.39 is 0 Å². The molecule has 86 valence electrons. The first kappa shape index (κ1) is 11.2. The summed E-state index contributed by atoms with van der Waals surface area (Å²) in [5, 5.41) is 3.30. The van der Waals surface area contributed by atoms with Crippen molar-refractivity contribution in [1.82, 2.24) is 5.32 Å². The predicted octanol–water partition coefficient (Wildman–Crippen LogP) is 2.43. The number of para-hydroxylation sites is 1. The minimum Gasteiger partial charge on any atom is -0.368 e. The van der Waals surface area contributed by atoms with Crippen molar-refractivity contribution in [2.24, 2.45) is 0 Å². The molecule has 0 aliphatic carbocycles. The molecule has 1 aromatic rings. The molecule has 1 aromatic carbocycles. The number of nitrogens with one attached hydrogen (secondary N) is 1. The fourth-order valence-electron chi connectivity index (χ4n) is 1.97. The standard InChI is InChI=1S/C14H20N2/c1-3-16(14-7-5-4-6-8-14)11-12(2)13-9-15-10-13/h4-8,15H,3,9-11H2,1-2H3. The Morgan fingerprint density at radius 1 is 1.25 bits per heavy atom. The Hall–Kier alpha value is -1.28. The second kappa shape index (κ2) is 5.17. The summed E-state index contributed by atoms with van der Waals surface area (Å²) in [4.78, 5) is 2.42. The van der Waals surface area contributed by atoms with E-state index in [0.717, 1.165) is 26.2 Å². The SMILES string of the molecule is CCN(CC(C)=C1CNC1)c1ccccc1. The van der Waals surface area contributed by atoms with Crippen molar-refractivity contribution < 1.29 is 0 Å². The lowest BCUT2D eigenvalue weighted by atomic mass is 10.0. The van der Waals surface area contributed by atoms with Crippen molar-refractivity contribution in [3.8, 4) is 0 Å². The summed E-state index contributed by atoms with van der Waals surface area (Å²) in [5.41, 5.74) is 4.41. The van der Waals surface area contributed by atoms with E-state index in [2.05, 4.69) is 54.4 Å². The van der Waals surface area contributed by atoms with E-state index in [0.29, 0.717) is 0 Å². The highest BCUT2D eigenvalue weighted by atomic mass is 15.1. The third-order valence-corrected chi connectivity index (χ3v) is 3.21. The number of nitrogens with zero attached hydrogens (tertiary/aromatic N) is 1. The summed E-state index contributed by atoms with van der Waals surface area (Å²) in [6.07, 6.45) is 0. The van der Waals surface area contributed by atoms with Gasteiger partial charge in [-0.25, -0.2) is 0 Å². The zero-order valence-electron chi connectivity index (χ0n) is 10.2. The van der Waals surface area contributed by atoms with Crippen LogP contribution in [0.25, 0.3) is 0 Å². The van der Waals surface area contributed by atoms with Gasteiger partial charge in [-0.05, 0) is 31.6 Å². The maximum atomic E-state index is 3.30. The molecule has 0 spiro atoms. The molecular weight excluding hydrogens is 196 g/mol. The fourth-order valence-corrected chi connectivity index (χ4v) is 1.97. The van der Waals surface area contributed by atoms with Gasteiger partial charge in [0.2, 0.25) is 0 Å². The highest BCUT2D eigenvalue weighted by Crippen LogP contribution is 2.17. The van der Waals surface area contributed by atoms with Crippen LogP contribution in [0.2, 0.25) is 0 Å². The molecule has 0 atom stereocenters. The van der Waals surface area contributed by atoms with E-state index in [1.54, 1.807) is 5.57 Å². The number of likely N-dealkylation sites (N-methyl/N-ethyl adjacent to an activating group) is 1. The Bertz CT molecular complexity index is 362. The number of anilines is 1. The van der Waals surface area contributed by atoms with Crippen LogP contribution in [0.1, 0.15) is 13.8 Å². The van der Waals surface area contributed by atoms with Crippen LogP contribution < -0.4 is 10.2 Å². The van der Waals surface area contributed by atoms with Crippen LogP contribution in [0.3, 0.4) is 0 Å². The third-order valence-electron chi connectivity index (χ3n) is 3.21. The maximum absolute atomic E-state index is 3.30. The Kier molecular flexibility index (Phi) is 3.62. The topological polar surface area (TPSA) is 15.3 Å². The van der Waals surface area contributed by atoms with Crippen LogP contribution in [0.4, 0.5) is 5.69 Å². The largest absolute Gasteiger partial charge is 0.368 e. The predicted molar refractivity (Wildman–Crippen MR) is 69.9 cm³/mol. The van der Waals surface area contributed by atoms with Gasteiger partial charge in [0.05, 0.1) is 0 Å². The summed E-state index contributed by atoms with van der Waals surface area (Å²) in [5.74, 6) is 0. The molecule has 2 nitrogen and oxygen atoms in total. The summed E-state index contributed by atoms with van der Waals surface area (Å²) in [6, 6.07) is 10.6. The van der Waals surface area contributed by atoms with Gasteiger partial charge in [-0.15, -0.1) is 0 Å². The lowest BCUT2D eigenvalue weighted by Gasteiger charge is -2.28. The normalized spacial score (nSPS) is 14.5. The average Bonchev–Trinajstić information content (AvgIpc) is 2.24. The molecular formula is C14H20N2. The average molecular weight is 216 g/mol. The molecule has 0 bridgehead atoms. The molecule has 1 aliphatic rings. The lowest BCUT2D eigenvalue weighted by molar-refractivity contribution is 0.651. The van der Waals surface area contributed by atoms with Crippen LogP contribution >= 0.6 is 0 Å². The Balaban J connectivity index is 2.06. The Morgan fingerprint density at radius 2 is 1.94 bits per heavy atom. The highest BCUT2D eigenvalue weighted by molar-refractivity contribution is 5.47. The van der Waals surface area contributed by atoms with Gasteiger partial charge >= 0.3 is 0 Å². The van der Waals surface area contributed by atoms with Gasteiger partial charge in [-0.3, -0.25) is 0 Å². The van der Waals surface area contributed by atoms with Crippen molar-refractivity contribution in [2.75, 3.05) is 31.1 Å². The van der Waals surface area contributed by atoms with Crippen molar-refractivity contribution in [2.45, 2.75) is 13.8 Å². The summed E-state index contributed by atoms with van der Waals surface area (Å²) in [7, 11) is 0. The Labute approximate surface area is 98.0 Å². The molecule has 1 heterocycles. The molecule has 1 N–H and O–H groups in total. The zero-order valence-corrected chi connectivity index (χ0v) is 10.2. The number of hydrogen-bond donors (Lipinski definition) is 1. The molecule has 1 saturated heterocycles. The molecule has 0 radical (unpaired) electrons. The van der Waals surface area contributed by atoms with E-state index in [-0.39, 0.29) is 0 Å². The fraction of sp³-hybridized carbons (Fsp3) is 0.429. The molecule has 16 heavy (non-hydrogen) atoms. The molecule has 1 fully saturated rings. The van der Waals surface area contributed by atoms with Gasteiger partial charge in [0.1, 0.15) is 0 Å². The molecule has 2 rings (SSSR count). The first-order valence-corrected chi connectivity index (χ1v) is 5.99. The second-order valence-electron chi connectivity index (χ2n) is 4.34. The highest BCUT2D eigenvalue weighted by Gasteiger charge is 2.12. The molecule has 0 aromatic heterocycles. The monoisotopic (exact) mass is 216 g/mol. The maximum Gasteiger partial charge on any atom is 0.0389 e. The summed E-state index contributed by atoms with van der Waals surface area (Å²) < 4.78 is 0. The zero-order chi connectivity index (χ0) is 11.4. The van der Waals surface area contributed by atoms with E-state index in [1.165, 1.54) is 11.3 Å². The van der Waals surface area contributed by atoms with Gasteiger partial charge in [0.15, 0.2) is 0 Å². The smallest absolute Gasteiger partial charge is 0.0389 e. The van der Waals surface area contributed by atoms with E-state index in [4.69, 9.17) is 0 Å². The van der Waals surface area contributed by atoms with Gasteiger partial charge in [0.25, 0.3) is 0 Å². The number of rotatable bonds is 4. The lowest BCUT2D eigenvalue weighted by Crippen LogP contribution is -2.36. The van der Waals surface area contributed by atoms with E-state index >= 15 is 0 Å². The Morgan fingerprint density at radius 3 is 2.44 bits per heavy atom. The first-order chi connectivity index (χ1) is 7.81. The molecule has 2 heteroatoms. The van der Waals surface area contributed by atoms with Crippen LogP contribution in [-0.4, -0.2) is 26.2 Å². The summed E-state index contributed by atoms with van der Waals surface area (Å²) in [6.45, 7) is 8.74. The quantitative estimate of drug-likeness (QED) is 0.778. The van der Waals surface area contributed by atoms with Gasteiger partial charge < -0.3 is 10.2 Å². The van der Waals surface area contributed by atoms with E-state index in [1.807, 2.05) is 0 Å². The van der Waals surface area contributed by atoms with Crippen molar-refractivity contribution >= 4 is 5.69 Å².